The lowest BCUT2D eigenvalue weighted by atomic mass is 9.92. The topological polar surface area (TPSA) is 57.6 Å². The van der Waals surface area contributed by atoms with Gasteiger partial charge in [-0.1, -0.05) is 48.0 Å². The smallest absolute Gasteiger partial charge is 0.335 e. The molecule has 5 heteroatoms. The van der Waals surface area contributed by atoms with Crippen molar-refractivity contribution in [1.82, 2.24) is 0 Å². The van der Waals surface area contributed by atoms with Crippen molar-refractivity contribution in [2.45, 2.75) is 17.8 Å². The fourth-order valence-electron chi connectivity index (χ4n) is 4.40. The van der Waals surface area contributed by atoms with Crippen molar-refractivity contribution >= 4 is 34.9 Å². The normalized spacial score (nSPS) is 22.4. The van der Waals surface area contributed by atoms with Gasteiger partial charge in [0.1, 0.15) is 0 Å². The average molecular weight is 390 g/mol. The van der Waals surface area contributed by atoms with Crippen LogP contribution in [0, 0.1) is 0 Å². The summed E-state index contributed by atoms with van der Waals surface area (Å²) in [7, 11) is 0. The maximum atomic E-state index is 13.6. The highest BCUT2D eigenvalue weighted by atomic mass is 35.5. The van der Waals surface area contributed by atoms with Crippen LogP contribution in [0.2, 0.25) is 5.02 Å². The Morgan fingerprint density at radius 2 is 1.79 bits per heavy atom. The van der Waals surface area contributed by atoms with Gasteiger partial charge in [-0.05, 0) is 53.9 Å². The number of fused-ring (bicyclic) bond motifs is 2. The van der Waals surface area contributed by atoms with Gasteiger partial charge in [-0.15, -0.1) is 0 Å². The molecule has 0 unspecified atom stereocenters. The van der Waals surface area contributed by atoms with E-state index in [0.717, 1.165) is 23.2 Å². The molecule has 1 aliphatic heterocycles. The van der Waals surface area contributed by atoms with Gasteiger partial charge in [-0.2, -0.15) is 0 Å². The number of hydrogen-bond acceptors (Lipinski definition) is 2. The van der Waals surface area contributed by atoms with Crippen molar-refractivity contribution < 1.29 is 14.7 Å². The first-order chi connectivity index (χ1) is 13.5. The summed E-state index contributed by atoms with van der Waals surface area (Å²) in [6, 6.07) is 22.0. The molecule has 1 saturated carbocycles. The Labute approximate surface area is 167 Å². The molecule has 1 aliphatic carbocycles. The van der Waals surface area contributed by atoms with Crippen molar-refractivity contribution in [2.24, 2.45) is 0 Å². The van der Waals surface area contributed by atoms with E-state index in [1.807, 2.05) is 48.5 Å². The molecule has 0 radical (unpaired) electrons. The fraction of sp³-hybridized carbons (Fsp3) is 0.130. The van der Waals surface area contributed by atoms with Gasteiger partial charge in [-0.3, -0.25) is 9.69 Å². The van der Waals surface area contributed by atoms with Crippen LogP contribution in [0.5, 0.6) is 0 Å². The van der Waals surface area contributed by atoms with Gasteiger partial charge < -0.3 is 5.11 Å². The zero-order chi connectivity index (χ0) is 19.5. The molecule has 0 saturated heterocycles. The lowest BCUT2D eigenvalue weighted by Crippen LogP contribution is -2.29. The van der Waals surface area contributed by atoms with Crippen molar-refractivity contribution in [1.29, 1.82) is 0 Å². The third-order valence-electron chi connectivity index (χ3n) is 5.79. The number of amides is 1. The molecule has 0 bridgehead atoms. The van der Waals surface area contributed by atoms with E-state index in [0.29, 0.717) is 10.7 Å². The molecule has 2 atom stereocenters. The second-order valence-electron chi connectivity index (χ2n) is 7.29. The van der Waals surface area contributed by atoms with Crippen molar-refractivity contribution in [3.63, 3.8) is 0 Å². The number of carbonyl (C=O) groups excluding carboxylic acids is 1. The number of aromatic carboxylic acids is 1. The van der Waals surface area contributed by atoms with E-state index in [2.05, 4.69) is 0 Å². The number of hydrogen-bond donors (Lipinski definition) is 1. The number of para-hydroxylation sites is 1. The molecule has 28 heavy (non-hydrogen) atoms. The first-order valence-corrected chi connectivity index (χ1v) is 9.43. The van der Waals surface area contributed by atoms with E-state index >= 15 is 0 Å². The molecule has 1 heterocycles. The first kappa shape index (κ1) is 17.0. The number of carboxylic acid groups (broad SMARTS) is 1. The lowest BCUT2D eigenvalue weighted by molar-refractivity contribution is -0.119. The number of carboxylic acids is 1. The molecule has 1 spiro atoms. The molecule has 5 rings (SSSR count). The summed E-state index contributed by atoms with van der Waals surface area (Å²) >= 11 is 6.02. The molecule has 1 fully saturated rings. The molecular weight excluding hydrogens is 374 g/mol. The number of nitrogens with zero attached hydrogens (tertiary/aromatic N) is 1. The number of benzene rings is 3. The van der Waals surface area contributed by atoms with E-state index in [1.54, 1.807) is 23.1 Å². The number of carbonyl (C=O) groups is 2. The van der Waals surface area contributed by atoms with Gasteiger partial charge in [-0.25, -0.2) is 4.79 Å². The van der Waals surface area contributed by atoms with Crippen molar-refractivity contribution in [3.8, 4) is 0 Å². The molecule has 4 nitrogen and oxygen atoms in total. The van der Waals surface area contributed by atoms with Crippen LogP contribution in [-0.4, -0.2) is 17.0 Å². The summed E-state index contributed by atoms with van der Waals surface area (Å²) in [6.07, 6.45) is 0.736. The Bertz CT molecular complexity index is 1120. The van der Waals surface area contributed by atoms with Gasteiger partial charge in [0.05, 0.1) is 16.7 Å². The predicted octanol–water partition coefficient (Wildman–Crippen LogP) is 5.14. The maximum absolute atomic E-state index is 13.6. The number of rotatable bonds is 3. The molecular formula is C23H16ClNO3. The van der Waals surface area contributed by atoms with Crippen molar-refractivity contribution in [3.05, 3.63) is 94.5 Å². The second-order valence-corrected chi connectivity index (χ2v) is 7.73. The van der Waals surface area contributed by atoms with Gasteiger partial charge in [0, 0.05) is 16.6 Å². The van der Waals surface area contributed by atoms with Gasteiger partial charge in [0.2, 0.25) is 5.91 Å². The summed E-state index contributed by atoms with van der Waals surface area (Å²) in [5.41, 5.74) is 3.06. The van der Waals surface area contributed by atoms with E-state index < -0.39 is 11.4 Å². The Morgan fingerprint density at radius 3 is 2.54 bits per heavy atom. The van der Waals surface area contributed by atoms with E-state index in [1.165, 1.54) is 6.07 Å². The second kappa shape index (κ2) is 5.94. The molecule has 3 aromatic carbocycles. The van der Waals surface area contributed by atoms with Crippen LogP contribution >= 0.6 is 11.6 Å². The first-order valence-electron chi connectivity index (χ1n) is 9.05. The standard InChI is InChI=1S/C23H16ClNO3/c24-16-10-8-14(9-11-16)19-13-23(19)18-6-1-2-7-20(18)25(22(23)28)17-5-3-4-15(12-17)21(26)27/h1-12,19H,13H2,(H,26,27)/t19-,23-/m1/s1. The summed E-state index contributed by atoms with van der Waals surface area (Å²) in [5.74, 6) is -0.927. The Balaban J connectivity index is 1.61. The highest BCUT2D eigenvalue weighted by Gasteiger charge is 2.67. The number of halogens is 1. The monoisotopic (exact) mass is 389 g/mol. The Kier molecular flexibility index (Phi) is 3.61. The fourth-order valence-corrected chi connectivity index (χ4v) is 4.52. The van der Waals surface area contributed by atoms with Crippen LogP contribution in [0.15, 0.2) is 72.8 Å². The molecule has 1 amide bonds. The van der Waals surface area contributed by atoms with Gasteiger partial charge in [0.25, 0.3) is 0 Å². The van der Waals surface area contributed by atoms with Gasteiger partial charge in [0.15, 0.2) is 0 Å². The van der Waals surface area contributed by atoms with Crippen LogP contribution in [0.3, 0.4) is 0 Å². The summed E-state index contributed by atoms with van der Waals surface area (Å²) < 4.78 is 0. The van der Waals surface area contributed by atoms with Crippen LogP contribution in [0.4, 0.5) is 11.4 Å². The van der Waals surface area contributed by atoms with Gasteiger partial charge >= 0.3 is 5.97 Å². The zero-order valence-electron chi connectivity index (χ0n) is 14.8. The molecule has 3 aromatic rings. The molecule has 0 aromatic heterocycles. The minimum atomic E-state index is -1.01. The third-order valence-corrected chi connectivity index (χ3v) is 6.05. The molecule has 138 valence electrons. The predicted molar refractivity (Wildman–Crippen MR) is 107 cm³/mol. The van der Waals surface area contributed by atoms with Crippen LogP contribution in [-0.2, 0) is 10.2 Å². The van der Waals surface area contributed by atoms with E-state index in [4.69, 9.17) is 11.6 Å². The minimum Gasteiger partial charge on any atom is -0.478 e. The van der Waals surface area contributed by atoms with E-state index in [-0.39, 0.29) is 17.4 Å². The maximum Gasteiger partial charge on any atom is 0.335 e. The van der Waals surface area contributed by atoms with Crippen LogP contribution in [0.25, 0.3) is 0 Å². The zero-order valence-corrected chi connectivity index (χ0v) is 15.6. The largest absolute Gasteiger partial charge is 0.478 e. The molecule has 2 aliphatic rings. The average Bonchev–Trinajstić information content (AvgIpc) is 3.40. The van der Waals surface area contributed by atoms with Crippen molar-refractivity contribution in [2.75, 3.05) is 4.90 Å². The third kappa shape index (κ3) is 2.31. The van der Waals surface area contributed by atoms with E-state index in [9.17, 15) is 14.7 Å². The minimum absolute atomic E-state index is 0.00353. The molecule has 1 N–H and O–H groups in total. The van der Waals surface area contributed by atoms with Crippen LogP contribution < -0.4 is 4.90 Å². The lowest BCUT2D eigenvalue weighted by Gasteiger charge is -2.19. The SMILES string of the molecule is O=C(O)c1cccc(N2C(=O)[C@]3(C[C@@H]3c3ccc(Cl)cc3)c3ccccc32)c1. The summed E-state index contributed by atoms with van der Waals surface area (Å²) in [4.78, 5) is 26.7. The Hall–Kier alpha value is -3.11. The summed E-state index contributed by atoms with van der Waals surface area (Å²) in [5, 5.41) is 10.00. The Morgan fingerprint density at radius 1 is 1.04 bits per heavy atom. The number of anilines is 2. The van der Waals surface area contributed by atoms with Crippen LogP contribution in [0.1, 0.15) is 33.8 Å². The highest BCUT2D eigenvalue weighted by molar-refractivity contribution is 6.30. The quantitative estimate of drug-likeness (QED) is 0.674. The summed E-state index contributed by atoms with van der Waals surface area (Å²) in [6.45, 7) is 0. The highest BCUT2D eigenvalue weighted by Crippen LogP contribution is 2.67.